The molecule has 2 aromatic rings. The van der Waals surface area contributed by atoms with Gasteiger partial charge in [-0.1, -0.05) is 18.5 Å². The van der Waals surface area contributed by atoms with E-state index in [0.717, 1.165) is 6.42 Å². The fraction of sp³-hybridized carbons (Fsp3) is 0.421. The first-order valence-corrected chi connectivity index (χ1v) is 8.94. The summed E-state index contributed by atoms with van der Waals surface area (Å²) in [4.78, 5) is 3.80. The quantitative estimate of drug-likeness (QED) is 0.754. The van der Waals surface area contributed by atoms with Crippen molar-refractivity contribution < 1.29 is 22.6 Å². The second kappa shape index (κ2) is 7.56. The summed E-state index contributed by atoms with van der Waals surface area (Å²) < 4.78 is 51.3. The van der Waals surface area contributed by atoms with Gasteiger partial charge in [-0.15, -0.1) is 0 Å². The SMILES string of the molecule is CC(N)CC(C)COc1cc2c(cc1Cl)-c1ccncc1[C@H](C(F)(F)F)O2. The van der Waals surface area contributed by atoms with Gasteiger partial charge in [0.15, 0.2) is 0 Å². The van der Waals surface area contributed by atoms with E-state index in [4.69, 9.17) is 26.8 Å². The van der Waals surface area contributed by atoms with E-state index in [-0.39, 0.29) is 29.0 Å². The number of hydrogen-bond donors (Lipinski definition) is 1. The number of aromatic nitrogens is 1. The Morgan fingerprint density at radius 1 is 1.30 bits per heavy atom. The molecule has 3 rings (SSSR count). The molecule has 3 atom stereocenters. The fourth-order valence-electron chi connectivity index (χ4n) is 3.18. The molecule has 2 heterocycles. The maximum Gasteiger partial charge on any atom is 0.429 e. The normalized spacial score (nSPS) is 18.1. The zero-order chi connectivity index (χ0) is 19.8. The molecule has 0 fully saturated rings. The van der Waals surface area contributed by atoms with Gasteiger partial charge in [0.1, 0.15) is 11.5 Å². The molecule has 0 bridgehead atoms. The first-order chi connectivity index (χ1) is 12.7. The number of alkyl halides is 3. The molecule has 146 valence electrons. The highest BCUT2D eigenvalue weighted by Gasteiger charge is 2.46. The number of benzene rings is 1. The summed E-state index contributed by atoms with van der Waals surface area (Å²) in [6.45, 7) is 4.23. The molecule has 0 saturated heterocycles. The number of halogens is 4. The lowest BCUT2D eigenvalue weighted by molar-refractivity contribution is -0.198. The molecule has 0 saturated carbocycles. The van der Waals surface area contributed by atoms with E-state index in [9.17, 15) is 13.2 Å². The average Bonchev–Trinajstić information content (AvgIpc) is 2.58. The van der Waals surface area contributed by atoms with Crippen molar-refractivity contribution in [3.63, 3.8) is 0 Å². The number of fused-ring (bicyclic) bond motifs is 3. The monoisotopic (exact) mass is 400 g/mol. The lowest BCUT2D eigenvalue weighted by Gasteiger charge is -2.30. The van der Waals surface area contributed by atoms with E-state index >= 15 is 0 Å². The minimum atomic E-state index is -4.57. The van der Waals surface area contributed by atoms with Crippen LogP contribution in [0, 0.1) is 5.92 Å². The Morgan fingerprint density at radius 2 is 2.04 bits per heavy atom. The largest absolute Gasteiger partial charge is 0.492 e. The van der Waals surface area contributed by atoms with E-state index in [0.29, 0.717) is 22.8 Å². The van der Waals surface area contributed by atoms with Crippen LogP contribution in [0.1, 0.15) is 31.9 Å². The number of pyridine rings is 1. The van der Waals surface area contributed by atoms with E-state index in [1.807, 2.05) is 13.8 Å². The number of hydrogen-bond acceptors (Lipinski definition) is 4. The number of rotatable bonds is 5. The first-order valence-electron chi connectivity index (χ1n) is 8.56. The summed E-state index contributed by atoms with van der Waals surface area (Å²) in [5, 5.41) is 0.304. The molecule has 1 aromatic carbocycles. The standard InChI is InChI=1S/C19H20ClF3N2O2/c1-10(5-11(2)24)9-26-17-7-16-13(6-15(17)20)12-3-4-25-8-14(12)18(27-16)19(21,22)23/h3-4,6-8,10-11,18H,5,9,24H2,1-2H3/t10?,11?,18-/m1/s1. The molecule has 4 nitrogen and oxygen atoms in total. The lowest BCUT2D eigenvalue weighted by Crippen LogP contribution is -2.29. The predicted octanol–water partition coefficient (Wildman–Crippen LogP) is 5.15. The molecule has 27 heavy (non-hydrogen) atoms. The van der Waals surface area contributed by atoms with Gasteiger partial charge < -0.3 is 15.2 Å². The van der Waals surface area contributed by atoms with Crippen molar-refractivity contribution in [3.8, 4) is 22.6 Å². The van der Waals surface area contributed by atoms with Crippen LogP contribution in [-0.4, -0.2) is 23.8 Å². The smallest absolute Gasteiger partial charge is 0.429 e. The van der Waals surface area contributed by atoms with Crippen LogP contribution in [0.3, 0.4) is 0 Å². The highest BCUT2D eigenvalue weighted by molar-refractivity contribution is 6.32. The molecule has 1 aliphatic heterocycles. The van der Waals surface area contributed by atoms with Gasteiger partial charge in [0.25, 0.3) is 0 Å². The highest BCUT2D eigenvalue weighted by atomic mass is 35.5. The third kappa shape index (κ3) is 4.30. The summed E-state index contributed by atoms with van der Waals surface area (Å²) in [5.41, 5.74) is 6.61. The van der Waals surface area contributed by atoms with Crippen LogP contribution < -0.4 is 15.2 Å². The maximum absolute atomic E-state index is 13.4. The summed E-state index contributed by atoms with van der Waals surface area (Å²) >= 11 is 6.30. The molecule has 0 aliphatic carbocycles. The van der Waals surface area contributed by atoms with Gasteiger partial charge in [-0.25, -0.2) is 0 Å². The zero-order valence-electron chi connectivity index (χ0n) is 14.9. The average molecular weight is 401 g/mol. The summed E-state index contributed by atoms with van der Waals surface area (Å²) in [7, 11) is 0. The molecule has 8 heteroatoms. The van der Waals surface area contributed by atoms with Gasteiger partial charge in [0.2, 0.25) is 6.10 Å². The predicted molar refractivity (Wildman–Crippen MR) is 97.0 cm³/mol. The Kier molecular flexibility index (Phi) is 5.53. The number of nitrogens with zero attached hydrogens (tertiary/aromatic N) is 1. The van der Waals surface area contributed by atoms with Gasteiger partial charge in [-0.3, -0.25) is 4.98 Å². The van der Waals surface area contributed by atoms with Crippen LogP contribution in [0.15, 0.2) is 30.6 Å². The van der Waals surface area contributed by atoms with Gasteiger partial charge in [0, 0.05) is 35.6 Å². The second-order valence-corrected chi connectivity index (χ2v) is 7.32. The molecular formula is C19H20ClF3N2O2. The van der Waals surface area contributed by atoms with Crippen LogP contribution in [-0.2, 0) is 0 Å². The van der Waals surface area contributed by atoms with E-state index in [2.05, 4.69) is 4.98 Å². The third-order valence-corrected chi connectivity index (χ3v) is 4.59. The first kappa shape index (κ1) is 19.8. The fourth-order valence-corrected chi connectivity index (χ4v) is 3.40. The molecule has 1 aromatic heterocycles. The topological polar surface area (TPSA) is 57.4 Å². The van der Waals surface area contributed by atoms with Crippen LogP contribution in [0.5, 0.6) is 11.5 Å². The molecule has 2 N–H and O–H groups in total. The van der Waals surface area contributed by atoms with Crippen molar-refractivity contribution in [2.24, 2.45) is 11.7 Å². The Bertz CT molecular complexity index is 827. The molecule has 0 radical (unpaired) electrons. The highest BCUT2D eigenvalue weighted by Crippen LogP contribution is 2.50. The van der Waals surface area contributed by atoms with Crippen molar-refractivity contribution in [1.82, 2.24) is 4.98 Å². The minimum absolute atomic E-state index is 0.0311. The van der Waals surface area contributed by atoms with Gasteiger partial charge in [-0.2, -0.15) is 13.2 Å². The minimum Gasteiger partial charge on any atom is -0.492 e. The summed E-state index contributed by atoms with van der Waals surface area (Å²) in [6, 6.07) is 4.53. The van der Waals surface area contributed by atoms with Crippen molar-refractivity contribution in [3.05, 3.63) is 41.2 Å². The molecule has 0 spiro atoms. The maximum atomic E-state index is 13.4. The molecule has 2 unspecified atom stereocenters. The van der Waals surface area contributed by atoms with Crippen LogP contribution in [0.25, 0.3) is 11.1 Å². The van der Waals surface area contributed by atoms with Crippen molar-refractivity contribution >= 4 is 11.6 Å². The van der Waals surface area contributed by atoms with Crippen LogP contribution >= 0.6 is 11.6 Å². The summed E-state index contributed by atoms with van der Waals surface area (Å²) in [6.07, 6.45) is -3.28. The van der Waals surface area contributed by atoms with E-state index in [1.165, 1.54) is 24.5 Å². The van der Waals surface area contributed by atoms with Crippen LogP contribution in [0.4, 0.5) is 13.2 Å². The Morgan fingerprint density at radius 3 is 2.70 bits per heavy atom. The third-order valence-electron chi connectivity index (χ3n) is 4.30. The van der Waals surface area contributed by atoms with Gasteiger partial charge in [0.05, 0.1) is 11.6 Å². The number of ether oxygens (including phenoxy) is 2. The van der Waals surface area contributed by atoms with Crippen molar-refractivity contribution in [2.75, 3.05) is 6.61 Å². The van der Waals surface area contributed by atoms with Crippen LogP contribution in [0.2, 0.25) is 5.02 Å². The van der Waals surface area contributed by atoms with Crippen molar-refractivity contribution in [1.29, 1.82) is 0 Å². The molecule has 0 amide bonds. The molecule has 1 aliphatic rings. The Hall–Kier alpha value is -1.99. The van der Waals surface area contributed by atoms with Gasteiger partial charge >= 0.3 is 6.18 Å². The summed E-state index contributed by atoms with van der Waals surface area (Å²) in [5.74, 6) is 0.536. The van der Waals surface area contributed by atoms with Gasteiger partial charge in [-0.05, 0) is 37.0 Å². The van der Waals surface area contributed by atoms with E-state index < -0.39 is 12.3 Å². The lowest BCUT2D eigenvalue weighted by atomic mass is 9.94. The van der Waals surface area contributed by atoms with E-state index in [1.54, 1.807) is 6.07 Å². The zero-order valence-corrected chi connectivity index (χ0v) is 15.6. The second-order valence-electron chi connectivity index (χ2n) is 6.91. The van der Waals surface area contributed by atoms with Crippen molar-refractivity contribution in [2.45, 2.75) is 38.6 Å². The Labute approximate surface area is 160 Å². The Balaban J connectivity index is 1.93. The number of nitrogens with two attached hydrogens (primary N) is 1. The molecular weight excluding hydrogens is 381 g/mol.